The zero-order valence-corrected chi connectivity index (χ0v) is 18.6. The van der Waals surface area contributed by atoms with E-state index in [4.69, 9.17) is 32.7 Å². The number of hydrogen-bond acceptors (Lipinski definition) is 5. The van der Waals surface area contributed by atoms with Crippen molar-refractivity contribution in [3.8, 4) is 5.75 Å². The first kappa shape index (κ1) is 23.7. The topological polar surface area (TPSA) is 68.2 Å². The number of ether oxygens (including phenoxy) is 2. The van der Waals surface area contributed by atoms with Crippen LogP contribution in [-0.4, -0.2) is 36.8 Å². The summed E-state index contributed by atoms with van der Waals surface area (Å²) in [5.74, 6) is -0.953. The number of hydrogen-bond donors (Lipinski definition) is 0. The average Bonchev–Trinajstić information content (AvgIpc) is 2.74. The van der Waals surface area contributed by atoms with Crippen molar-refractivity contribution >= 4 is 41.3 Å². The monoisotopic (exact) mass is 450 g/mol. The third-order valence-corrected chi connectivity index (χ3v) is 4.84. The molecule has 0 spiro atoms. The first-order valence-corrected chi connectivity index (χ1v) is 10.2. The molecule has 0 bridgehead atoms. The van der Waals surface area contributed by atoms with Gasteiger partial charge in [-0.05, 0) is 31.5 Å². The van der Waals surface area contributed by atoms with Gasteiger partial charge in [0.05, 0.1) is 24.0 Å². The molecule has 2 rings (SSSR count). The molecule has 0 aliphatic carbocycles. The third-order valence-electron chi connectivity index (χ3n) is 4.19. The van der Waals surface area contributed by atoms with Crippen LogP contribution in [0, 0.1) is 5.92 Å². The first-order chi connectivity index (χ1) is 14.3. The Morgan fingerprint density at radius 3 is 2.47 bits per heavy atom. The molecule has 0 aliphatic heterocycles. The van der Waals surface area contributed by atoms with Crippen LogP contribution in [0.4, 0.5) is 0 Å². The zero-order valence-electron chi connectivity index (χ0n) is 17.1. The smallest absolute Gasteiger partial charge is 0.314 e. The van der Waals surface area contributed by atoms with Crippen LogP contribution in [0.25, 0.3) is 0 Å². The van der Waals surface area contributed by atoms with Crippen molar-refractivity contribution in [3.05, 3.63) is 63.6 Å². The van der Waals surface area contributed by atoms with Crippen LogP contribution in [-0.2, 0) is 27.4 Å². The number of likely N-dealkylation sites (N-methyl/N-ethyl adjacent to an activating group) is 1. The minimum atomic E-state index is -0.570. The van der Waals surface area contributed by atoms with Gasteiger partial charge in [-0.1, -0.05) is 53.5 Å². The Labute approximate surface area is 186 Å². The van der Waals surface area contributed by atoms with E-state index in [-0.39, 0.29) is 25.5 Å². The van der Waals surface area contributed by atoms with E-state index in [2.05, 4.69) is 5.10 Å². The van der Waals surface area contributed by atoms with Gasteiger partial charge < -0.3 is 9.47 Å². The van der Waals surface area contributed by atoms with Crippen molar-refractivity contribution in [3.63, 3.8) is 0 Å². The summed E-state index contributed by atoms with van der Waals surface area (Å²) in [6.07, 6.45) is 1.30. The van der Waals surface area contributed by atoms with Gasteiger partial charge in [-0.15, -0.1) is 0 Å². The third kappa shape index (κ3) is 6.75. The zero-order chi connectivity index (χ0) is 22.1. The van der Waals surface area contributed by atoms with Crippen LogP contribution in [0.2, 0.25) is 10.0 Å². The Bertz CT molecular complexity index is 904. The molecular weight excluding hydrogens is 427 g/mol. The molecule has 0 aliphatic rings. The molecule has 0 saturated carbocycles. The molecule has 0 N–H and O–H groups in total. The fourth-order valence-corrected chi connectivity index (χ4v) is 2.94. The SMILES string of the molecule is CCOC(=O)C(C)/C=N\N(C)C(=O)Cc1c(Cl)ccc(Cl)c1OCc1ccccc1. The van der Waals surface area contributed by atoms with Gasteiger partial charge in [0, 0.05) is 23.8 Å². The Morgan fingerprint density at radius 1 is 1.13 bits per heavy atom. The van der Waals surface area contributed by atoms with E-state index in [1.54, 1.807) is 26.0 Å². The first-order valence-electron chi connectivity index (χ1n) is 9.44. The van der Waals surface area contributed by atoms with Crippen LogP contribution >= 0.6 is 23.2 Å². The molecule has 1 atom stereocenters. The van der Waals surface area contributed by atoms with E-state index in [1.807, 2.05) is 30.3 Å². The molecule has 0 aromatic heterocycles. The lowest BCUT2D eigenvalue weighted by atomic mass is 10.1. The largest absolute Gasteiger partial charge is 0.487 e. The fourth-order valence-electron chi connectivity index (χ4n) is 2.49. The van der Waals surface area contributed by atoms with Gasteiger partial charge in [0.25, 0.3) is 0 Å². The minimum absolute atomic E-state index is 0.0643. The summed E-state index contributed by atoms with van der Waals surface area (Å²) < 4.78 is 10.8. The number of halogens is 2. The van der Waals surface area contributed by atoms with Crippen LogP contribution in [0.3, 0.4) is 0 Å². The molecule has 2 aromatic carbocycles. The van der Waals surface area contributed by atoms with E-state index in [1.165, 1.54) is 13.3 Å². The summed E-state index contributed by atoms with van der Waals surface area (Å²) in [4.78, 5) is 24.3. The van der Waals surface area contributed by atoms with Crippen molar-refractivity contribution in [1.29, 1.82) is 0 Å². The number of nitrogens with zero attached hydrogens (tertiary/aromatic N) is 2. The summed E-state index contributed by atoms with van der Waals surface area (Å²) in [6.45, 7) is 3.94. The normalized spacial score (nSPS) is 11.9. The average molecular weight is 451 g/mol. The predicted octanol–water partition coefficient (Wildman–Crippen LogP) is 4.76. The highest BCUT2D eigenvalue weighted by Gasteiger charge is 2.19. The summed E-state index contributed by atoms with van der Waals surface area (Å²) in [5, 5.41) is 5.92. The molecule has 160 valence electrons. The Hall–Kier alpha value is -2.57. The number of benzene rings is 2. The van der Waals surface area contributed by atoms with E-state index in [0.29, 0.717) is 21.4 Å². The maximum Gasteiger partial charge on any atom is 0.314 e. The number of carbonyl (C=O) groups is 2. The highest BCUT2D eigenvalue weighted by molar-refractivity contribution is 6.35. The standard InChI is InChI=1S/C22H24Cl2N2O4/c1-4-29-22(28)15(2)13-25-26(3)20(27)12-17-18(23)10-11-19(24)21(17)30-14-16-8-6-5-7-9-16/h5-11,13,15H,4,12,14H2,1-3H3/b25-13-. The number of carbonyl (C=O) groups excluding carboxylic acids is 2. The maximum atomic E-state index is 12.6. The van der Waals surface area contributed by atoms with Gasteiger partial charge in [0.15, 0.2) is 0 Å². The van der Waals surface area contributed by atoms with Crippen molar-refractivity contribution in [2.24, 2.45) is 11.0 Å². The molecule has 0 saturated heterocycles. The maximum absolute atomic E-state index is 12.6. The molecule has 6 nitrogen and oxygen atoms in total. The molecule has 1 unspecified atom stereocenters. The van der Waals surface area contributed by atoms with Gasteiger partial charge >= 0.3 is 5.97 Å². The molecule has 8 heteroatoms. The molecule has 1 amide bonds. The van der Waals surface area contributed by atoms with Crippen LogP contribution in [0.5, 0.6) is 5.75 Å². The van der Waals surface area contributed by atoms with Gasteiger partial charge in [0.1, 0.15) is 12.4 Å². The van der Waals surface area contributed by atoms with Crippen LogP contribution in [0.15, 0.2) is 47.6 Å². The second-order valence-electron chi connectivity index (χ2n) is 6.51. The highest BCUT2D eigenvalue weighted by atomic mass is 35.5. The van der Waals surface area contributed by atoms with Crippen molar-refractivity contribution in [1.82, 2.24) is 5.01 Å². The minimum Gasteiger partial charge on any atom is -0.487 e. The lowest BCUT2D eigenvalue weighted by molar-refractivity contribution is -0.145. The number of esters is 1. The Kier molecular flexibility index (Phi) is 9.15. The van der Waals surface area contributed by atoms with Crippen molar-refractivity contribution < 1.29 is 19.1 Å². The molecule has 0 radical (unpaired) electrons. The molecule has 30 heavy (non-hydrogen) atoms. The van der Waals surface area contributed by atoms with E-state index >= 15 is 0 Å². The summed E-state index contributed by atoms with van der Waals surface area (Å²) in [7, 11) is 1.50. The molecule has 0 fully saturated rings. The van der Waals surface area contributed by atoms with Gasteiger partial charge in [-0.2, -0.15) is 5.10 Å². The molecular formula is C22H24Cl2N2O4. The second-order valence-corrected chi connectivity index (χ2v) is 7.32. The van der Waals surface area contributed by atoms with Gasteiger partial charge in [0.2, 0.25) is 5.91 Å². The summed E-state index contributed by atoms with van der Waals surface area (Å²) >= 11 is 12.6. The van der Waals surface area contributed by atoms with E-state index < -0.39 is 11.9 Å². The van der Waals surface area contributed by atoms with Crippen LogP contribution in [0.1, 0.15) is 25.0 Å². The predicted molar refractivity (Wildman–Crippen MR) is 118 cm³/mol. The van der Waals surface area contributed by atoms with E-state index in [0.717, 1.165) is 10.6 Å². The Morgan fingerprint density at radius 2 is 1.80 bits per heavy atom. The van der Waals surface area contributed by atoms with Crippen LogP contribution < -0.4 is 4.74 Å². The van der Waals surface area contributed by atoms with Crippen molar-refractivity contribution in [2.75, 3.05) is 13.7 Å². The number of rotatable bonds is 9. The lowest BCUT2D eigenvalue weighted by Gasteiger charge is -2.17. The molecule has 0 heterocycles. The summed E-state index contributed by atoms with van der Waals surface area (Å²) in [5.41, 5.74) is 1.44. The quantitative estimate of drug-likeness (QED) is 0.313. The summed E-state index contributed by atoms with van der Waals surface area (Å²) in [6, 6.07) is 12.8. The number of amides is 1. The number of hydrazone groups is 1. The van der Waals surface area contributed by atoms with Gasteiger partial charge in [-0.25, -0.2) is 5.01 Å². The van der Waals surface area contributed by atoms with Gasteiger partial charge in [-0.3, -0.25) is 9.59 Å². The fraction of sp³-hybridized carbons (Fsp3) is 0.318. The second kappa shape index (κ2) is 11.6. The Balaban J connectivity index is 2.11. The van der Waals surface area contributed by atoms with E-state index in [9.17, 15) is 9.59 Å². The highest BCUT2D eigenvalue weighted by Crippen LogP contribution is 2.35. The molecule has 2 aromatic rings. The van der Waals surface area contributed by atoms with Crippen molar-refractivity contribution in [2.45, 2.75) is 26.9 Å². The lowest BCUT2D eigenvalue weighted by Crippen LogP contribution is -2.25.